The fraction of sp³-hybridized carbons (Fsp3) is 1.00. The molecule has 0 aromatic carbocycles. The van der Waals surface area contributed by atoms with Crippen LogP contribution in [0.4, 0.5) is 0 Å². The van der Waals surface area contributed by atoms with Crippen LogP contribution >= 0.6 is 0 Å². The standard InChI is InChI=1S/C9H19NO2S/c1-9(2,3)10-4-5-13(12)8(6-10)7-11/h8,11H,4-7H2,1-3H3. The second kappa shape index (κ2) is 4.17. The van der Waals surface area contributed by atoms with E-state index in [9.17, 15) is 4.55 Å². The van der Waals surface area contributed by atoms with Crippen molar-refractivity contribution >= 4 is 11.2 Å². The minimum atomic E-state index is -0.825. The lowest BCUT2D eigenvalue weighted by Gasteiger charge is -2.41. The molecule has 13 heavy (non-hydrogen) atoms. The summed E-state index contributed by atoms with van der Waals surface area (Å²) in [5.74, 6) is 0.697. The predicted molar refractivity (Wildman–Crippen MR) is 55.2 cm³/mol. The van der Waals surface area contributed by atoms with E-state index in [1.165, 1.54) is 0 Å². The first-order valence-electron chi connectivity index (χ1n) is 4.68. The quantitative estimate of drug-likeness (QED) is 0.623. The Morgan fingerprint density at radius 3 is 2.62 bits per heavy atom. The van der Waals surface area contributed by atoms with E-state index in [4.69, 9.17) is 5.11 Å². The van der Waals surface area contributed by atoms with E-state index in [1.54, 1.807) is 0 Å². The number of nitrogens with zero attached hydrogens (tertiary/aromatic N) is 1. The Labute approximate surface area is 83.3 Å². The van der Waals surface area contributed by atoms with Crippen molar-refractivity contribution in [2.24, 2.45) is 0 Å². The molecule has 1 fully saturated rings. The summed E-state index contributed by atoms with van der Waals surface area (Å²) in [6.45, 7) is 8.12. The molecule has 0 amide bonds. The van der Waals surface area contributed by atoms with Gasteiger partial charge in [0.1, 0.15) is 5.75 Å². The second-order valence-corrected chi connectivity index (χ2v) is 6.34. The zero-order valence-electron chi connectivity index (χ0n) is 8.62. The molecule has 1 aliphatic heterocycles. The lowest BCUT2D eigenvalue weighted by atomic mass is 10.1. The van der Waals surface area contributed by atoms with Gasteiger partial charge in [-0.05, 0) is 31.9 Å². The van der Waals surface area contributed by atoms with Crippen molar-refractivity contribution in [1.29, 1.82) is 0 Å². The van der Waals surface area contributed by atoms with Crippen molar-refractivity contribution in [3.8, 4) is 0 Å². The topological polar surface area (TPSA) is 46.5 Å². The molecule has 3 nitrogen and oxygen atoms in total. The van der Waals surface area contributed by atoms with Crippen LogP contribution in [-0.2, 0) is 11.2 Å². The van der Waals surface area contributed by atoms with Crippen LogP contribution < -0.4 is 0 Å². The van der Waals surface area contributed by atoms with Crippen LogP contribution in [0.1, 0.15) is 20.8 Å². The van der Waals surface area contributed by atoms with Crippen LogP contribution in [0.5, 0.6) is 0 Å². The Hall–Kier alpha value is 0.230. The van der Waals surface area contributed by atoms with Gasteiger partial charge < -0.3 is 9.66 Å². The first kappa shape index (κ1) is 11.3. The SMILES string of the molecule is CC(C)(C)N1CC[S+]([O-])C(CO)C1. The summed E-state index contributed by atoms with van der Waals surface area (Å²) in [7, 11) is 0. The van der Waals surface area contributed by atoms with E-state index < -0.39 is 11.2 Å². The largest absolute Gasteiger partial charge is 0.616 e. The fourth-order valence-corrected chi connectivity index (χ4v) is 2.78. The van der Waals surface area contributed by atoms with Gasteiger partial charge >= 0.3 is 0 Å². The number of rotatable bonds is 1. The number of hydrogen-bond donors (Lipinski definition) is 1. The second-order valence-electron chi connectivity index (χ2n) is 4.51. The Morgan fingerprint density at radius 1 is 1.54 bits per heavy atom. The molecule has 4 heteroatoms. The van der Waals surface area contributed by atoms with Gasteiger partial charge in [0.25, 0.3) is 0 Å². The van der Waals surface area contributed by atoms with Gasteiger partial charge in [-0.3, -0.25) is 4.90 Å². The van der Waals surface area contributed by atoms with E-state index in [0.29, 0.717) is 5.75 Å². The van der Waals surface area contributed by atoms with Gasteiger partial charge in [0, 0.05) is 18.6 Å². The molecule has 2 unspecified atom stereocenters. The van der Waals surface area contributed by atoms with Gasteiger partial charge in [-0.1, -0.05) is 0 Å². The van der Waals surface area contributed by atoms with Crippen LogP contribution in [0.25, 0.3) is 0 Å². The Morgan fingerprint density at radius 2 is 2.15 bits per heavy atom. The van der Waals surface area contributed by atoms with Crippen molar-refractivity contribution in [1.82, 2.24) is 4.90 Å². The fourth-order valence-electron chi connectivity index (χ4n) is 1.54. The number of hydrogen-bond acceptors (Lipinski definition) is 3. The van der Waals surface area contributed by atoms with Crippen LogP contribution in [0.3, 0.4) is 0 Å². The summed E-state index contributed by atoms with van der Waals surface area (Å²) >= 11 is -0.825. The van der Waals surface area contributed by atoms with E-state index >= 15 is 0 Å². The lowest BCUT2D eigenvalue weighted by Crippen LogP contribution is -2.54. The van der Waals surface area contributed by atoms with E-state index in [-0.39, 0.29) is 17.4 Å². The third-order valence-corrected chi connectivity index (χ3v) is 4.14. The highest BCUT2D eigenvalue weighted by atomic mass is 32.2. The number of aliphatic hydroxyl groups is 1. The van der Waals surface area contributed by atoms with Gasteiger partial charge in [-0.2, -0.15) is 0 Å². The molecular formula is C9H19NO2S. The predicted octanol–water partition coefficient (Wildman–Crippen LogP) is 0.210. The summed E-state index contributed by atoms with van der Waals surface area (Å²) in [6, 6.07) is 0. The molecule has 0 bridgehead atoms. The van der Waals surface area contributed by atoms with Gasteiger partial charge in [-0.25, -0.2) is 0 Å². The Kier molecular flexibility index (Phi) is 3.63. The minimum absolute atomic E-state index is 0.0409. The minimum Gasteiger partial charge on any atom is -0.616 e. The van der Waals surface area contributed by atoms with Crippen molar-refractivity contribution < 1.29 is 9.66 Å². The molecule has 1 heterocycles. The van der Waals surface area contributed by atoms with Crippen molar-refractivity contribution in [3.63, 3.8) is 0 Å². The molecule has 0 aromatic heterocycles. The van der Waals surface area contributed by atoms with Gasteiger partial charge in [0.05, 0.1) is 6.61 Å². The molecule has 1 saturated heterocycles. The first-order valence-corrected chi connectivity index (χ1v) is 6.06. The smallest absolute Gasteiger partial charge is 0.151 e. The van der Waals surface area contributed by atoms with Crippen LogP contribution in [0, 0.1) is 0 Å². The summed E-state index contributed by atoms with van der Waals surface area (Å²) in [5, 5.41) is 8.98. The van der Waals surface area contributed by atoms with Gasteiger partial charge in [0.2, 0.25) is 0 Å². The third-order valence-electron chi connectivity index (χ3n) is 2.51. The van der Waals surface area contributed by atoms with Crippen LogP contribution in [0.15, 0.2) is 0 Å². The van der Waals surface area contributed by atoms with Gasteiger partial charge in [0.15, 0.2) is 5.25 Å². The zero-order valence-corrected chi connectivity index (χ0v) is 9.43. The molecule has 2 atom stereocenters. The Balaban J connectivity index is 2.55. The molecule has 0 aromatic rings. The molecule has 0 aliphatic carbocycles. The highest BCUT2D eigenvalue weighted by Gasteiger charge is 2.34. The van der Waals surface area contributed by atoms with E-state index in [2.05, 4.69) is 25.7 Å². The molecule has 1 N–H and O–H groups in total. The first-order chi connectivity index (χ1) is 5.95. The maximum absolute atomic E-state index is 11.4. The van der Waals surface area contributed by atoms with E-state index in [1.807, 2.05) is 0 Å². The molecule has 0 saturated carbocycles. The molecule has 1 aliphatic rings. The summed E-state index contributed by atoms with van der Waals surface area (Å²) in [6.07, 6.45) is 0. The molecule has 1 rings (SSSR count). The lowest BCUT2D eigenvalue weighted by molar-refractivity contribution is 0.126. The molecule has 78 valence electrons. The monoisotopic (exact) mass is 205 g/mol. The van der Waals surface area contributed by atoms with Crippen LogP contribution in [-0.4, -0.2) is 50.8 Å². The third kappa shape index (κ3) is 2.84. The van der Waals surface area contributed by atoms with Crippen molar-refractivity contribution in [2.45, 2.75) is 31.6 Å². The van der Waals surface area contributed by atoms with Crippen molar-refractivity contribution in [2.75, 3.05) is 25.4 Å². The maximum Gasteiger partial charge on any atom is 0.151 e. The average molecular weight is 205 g/mol. The normalized spacial score (nSPS) is 32.1. The highest BCUT2D eigenvalue weighted by molar-refractivity contribution is 7.92. The maximum atomic E-state index is 11.4. The molecule has 0 spiro atoms. The highest BCUT2D eigenvalue weighted by Crippen LogP contribution is 2.20. The zero-order chi connectivity index (χ0) is 10.1. The van der Waals surface area contributed by atoms with Crippen molar-refractivity contribution in [3.05, 3.63) is 0 Å². The number of aliphatic hydroxyl groups excluding tert-OH is 1. The van der Waals surface area contributed by atoms with Crippen LogP contribution in [0.2, 0.25) is 0 Å². The molecular weight excluding hydrogens is 186 g/mol. The summed E-state index contributed by atoms with van der Waals surface area (Å²) in [5.41, 5.74) is 0.123. The van der Waals surface area contributed by atoms with E-state index in [0.717, 1.165) is 13.1 Å². The van der Waals surface area contributed by atoms with Gasteiger partial charge in [-0.15, -0.1) is 0 Å². The average Bonchev–Trinajstić information content (AvgIpc) is 2.03. The Bertz CT molecular complexity index is 169. The summed E-state index contributed by atoms with van der Waals surface area (Å²) < 4.78 is 11.4. The summed E-state index contributed by atoms with van der Waals surface area (Å²) in [4.78, 5) is 2.29. The molecule has 0 radical (unpaired) electrons.